The Balaban J connectivity index is 1.84. The van der Waals surface area contributed by atoms with Gasteiger partial charge in [0.15, 0.2) is 0 Å². The van der Waals surface area contributed by atoms with Crippen LogP contribution in [0, 0.1) is 0 Å². The fourth-order valence-electron chi connectivity index (χ4n) is 1.56. The van der Waals surface area contributed by atoms with E-state index in [4.69, 9.17) is 4.84 Å². The molecule has 2 N–H and O–H groups in total. The van der Waals surface area contributed by atoms with E-state index in [0.717, 1.165) is 16.7 Å². The Morgan fingerprint density at radius 3 is 2.57 bits per heavy atom. The zero-order valence-corrected chi connectivity index (χ0v) is 13.1. The molecule has 2 rings (SSSR count). The van der Waals surface area contributed by atoms with Gasteiger partial charge in [0.25, 0.3) is 0 Å². The Morgan fingerprint density at radius 1 is 1.22 bits per heavy atom. The molecule has 0 bridgehead atoms. The number of alkyl halides is 3. The van der Waals surface area contributed by atoms with Crippen LogP contribution in [0.4, 0.5) is 18.9 Å². The lowest BCUT2D eigenvalue weighted by Gasteiger charge is -2.10. The summed E-state index contributed by atoms with van der Waals surface area (Å²) in [4.78, 5) is 20.0. The lowest BCUT2D eigenvalue weighted by atomic mass is 10.3. The van der Waals surface area contributed by atoms with Gasteiger partial charge in [-0.15, -0.1) is 5.48 Å². The average molecular weight is 390 g/mol. The molecule has 0 spiro atoms. The fraction of sp³-hybridized carbons (Fsp3) is 0.143. The molecule has 0 aliphatic rings. The Morgan fingerprint density at radius 2 is 1.91 bits per heavy atom. The molecule has 0 fully saturated rings. The molecule has 23 heavy (non-hydrogen) atoms. The van der Waals surface area contributed by atoms with E-state index in [1.807, 2.05) is 0 Å². The number of anilines is 1. The number of nitrogens with zero attached hydrogens (tertiary/aromatic N) is 1. The Kier molecular flexibility index (Phi) is 5.56. The second-order valence-electron chi connectivity index (χ2n) is 4.35. The highest BCUT2D eigenvalue weighted by atomic mass is 79.9. The monoisotopic (exact) mass is 389 g/mol. The molecule has 122 valence electrons. The number of rotatable bonds is 5. The van der Waals surface area contributed by atoms with Crippen LogP contribution >= 0.6 is 15.9 Å². The Labute approximate surface area is 137 Å². The van der Waals surface area contributed by atoms with Crippen molar-refractivity contribution in [2.45, 2.75) is 6.18 Å². The number of pyridine rings is 1. The quantitative estimate of drug-likeness (QED) is 0.769. The number of nitrogens with one attached hydrogen (secondary N) is 2. The number of halogens is 4. The Hall–Kier alpha value is -2.13. The summed E-state index contributed by atoms with van der Waals surface area (Å²) in [6, 6.07) is 8.89. The first kappa shape index (κ1) is 17.2. The van der Waals surface area contributed by atoms with Gasteiger partial charge >= 0.3 is 6.18 Å². The molecule has 1 aromatic heterocycles. The molecule has 0 atom stereocenters. The summed E-state index contributed by atoms with van der Waals surface area (Å²) in [6.45, 7) is -0.236. The minimum absolute atomic E-state index is 0.00256. The van der Waals surface area contributed by atoms with Gasteiger partial charge in [-0.1, -0.05) is 15.9 Å². The number of hydroxylamine groups is 1. The normalized spacial score (nSPS) is 11.1. The van der Waals surface area contributed by atoms with Crippen molar-refractivity contribution in [2.75, 3.05) is 11.9 Å². The average Bonchev–Trinajstić information content (AvgIpc) is 2.49. The van der Waals surface area contributed by atoms with Gasteiger partial charge in [0, 0.05) is 16.4 Å². The first-order valence-corrected chi connectivity index (χ1v) is 7.12. The van der Waals surface area contributed by atoms with Crippen molar-refractivity contribution in [1.82, 2.24) is 10.5 Å². The van der Waals surface area contributed by atoms with E-state index in [9.17, 15) is 18.0 Å². The maximum absolute atomic E-state index is 12.5. The van der Waals surface area contributed by atoms with Crippen molar-refractivity contribution >= 4 is 27.5 Å². The first-order chi connectivity index (χ1) is 10.8. The summed E-state index contributed by atoms with van der Waals surface area (Å²) in [5.74, 6) is -0.0642. The van der Waals surface area contributed by atoms with E-state index in [1.54, 1.807) is 24.3 Å². The molecular formula is C14H11BrF3N3O2. The third-order valence-corrected chi connectivity index (χ3v) is 3.10. The maximum Gasteiger partial charge on any atom is 0.433 e. The molecule has 1 heterocycles. The smallest absolute Gasteiger partial charge is 0.408 e. The predicted octanol–water partition coefficient (Wildman–Crippen LogP) is 3.39. The van der Waals surface area contributed by atoms with Gasteiger partial charge in [0.2, 0.25) is 5.91 Å². The van der Waals surface area contributed by atoms with Crippen LogP contribution in [0.5, 0.6) is 5.75 Å². The summed E-state index contributed by atoms with van der Waals surface area (Å²) in [6.07, 6.45) is -3.59. The molecule has 0 aliphatic carbocycles. The Bertz CT molecular complexity index is 678. The molecule has 0 saturated carbocycles. The molecule has 0 aliphatic heterocycles. The van der Waals surface area contributed by atoms with E-state index < -0.39 is 17.8 Å². The number of benzene rings is 1. The number of carbonyl (C=O) groups excluding carboxylic acids is 1. The largest absolute Gasteiger partial charge is 0.433 e. The van der Waals surface area contributed by atoms with Gasteiger partial charge in [-0.05, 0) is 36.4 Å². The highest BCUT2D eigenvalue weighted by molar-refractivity contribution is 9.10. The van der Waals surface area contributed by atoms with Gasteiger partial charge in [0.1, 0.15) is 18.0 Å². The van der Waals surface area contributed by atoms with Crippen LogP contribution in [0.3, 0.4) is 0 Å². The second kappa shape index (κ2) is 7.42. The van der Waals surface area contributed by atoms with Crippen molar-refractivity contribution in [2.24, 2.45) is 0 Å². The molecule has 0 radical (unpaired) electrons. The minimum atomic E-state index is -4.57. The zero-order valence-electron chi connectivity index (χ0n) is 11.5. The van der Waals surface area contributed by atoms with E-state index in [2.05, 4.69) is 31.7 Å². The topological polar surface area (TPSA) is 63.2 Å². The molecule has 9 heteroatoms. The van der Waals surface area contributed by atoms with Crippen LogP contribution in [-0.2, 0) is 11.0 Å². The summed E-state index contributed by atoms with van der Waals surface area (Å²) in [5.41, 5.74) is 1.35. The molecule has 1 aromatic carbocycles. The van der Waals surface area contributed by atoms with Crippen molar-refractivity contribution in [3.05, 3.63) is 52.8 Å². The van der Waals surface area contributed by atoms with E-state index in [1.165, 1.54) is 6.07 Å². The van der Waals surface area contributed by atoms with Gasteiger partial charge in [-0.3, -0.25) is 9.78 Å². The standard InChI is InChI=1S/C14H11BrF3N3O2/c15-9-1-3-11(4-2-9)23-20-8-13(22)21-10-5-6-19-12(7-10)14(16,17)18/h1-7,20H,8H2,(H,19,21,22). The molecule has 5 nitrogen and oxygen atoms in total. The van der Waals surface area contributed by atoms with Gasteiger partial charge in [-0.25, -0.2) is 0 Å². The van der Waals surface area contributed by atoms with E-state index >= 15 is 0 Å². The zero-order chi connectivity index (χ0) is 16.9. The summed E-state index contributed by atoms with van der Waals surface area (Å²) in [5, 5.41) is 2.32. The van der Waals surface area contributed by atoms with E-state index in [-0.39, 0.29) is 12.2 Å². The van der Waals surface area contributed by atoms with Crippen LogP contribution in [-0.4, -0.2) is 17.4 Å². The van der Waals surface area contributed by atoms with Gasteiger partial charge in [-0.2, -0.15) is 13.2 Å². The van der Waals surface area contributed by atoms with Gasteiger partial charge < -0.3 is 10.2 Å². The number of hydrogen-bond acceptors (Lipinski definition) is 4. The van der Waals surface area contributed by atoms with Crippen LogP contribution in [0.15, 0.2) is 47.1 Å². The number of amides is 1. The van der Waals surface area contributed by atoms with Crippen molar-refractivity contribution in [1.29, 1.82) is 0 Å². The highest BCUT2D eigenvalue weighted by Crippen LogP contribution is 2.28. The summed E-state index contributed by atoms with van der Waals surface area (Å²) in [7, 11) is 0. The van der Waals surface area contributed by atoms with Crippen molar-refractivity contribution in [3.63, 3.8) is 0 Å². The molecule has 0 unspecified atom stereocenters. The molecule has 1 amide bonds. The third-order valence-electron chi connectivity index (χ3n) is 2.57. The third kappa shape index (κ3) is 5.53. The van der Waals surface area contributed by atoms with E-state index in [0.29, 0.717) is 5.75 Å². The predicted molar refractivity (Wildman–Crippen MR) is 80.6 cm³/mol. The van der Waals surface area contributed by atoms with Crippen LogP contribution < -0.4 is 15.6 Å². The van der Waals surface area contributed by atoms with Crippen LogP contribution in [0.25, 0.3) is 0 Å². The maximum atomic E-state index is 12.5. The van der Waals surface area contributed by atoms with Crippen molar-refractivity contribution < 1.29 is 22.8 Å². The molecular weight excluding hydrogens is 379 g/mol. The van der Waals surface area contributed by atoms with Crippen molar-refractivity contribution in [3.8, 4) is 5.75 Å². The summed E-state index contributed by atoms with van der Waals surface area (Å²) < 4.78 is 38.4. The second-order valence-corrected chi connectivity index (χ2v) is 5.27. The van der Waals surface area contributed by atoms with Gasteiger partial charge in [0.05, 0.1) is 0 Å². The lowest BCUT2D eigenvalue weighted by Crippen LogP contribution is -2.30. The lowest BCUT2D eigenvalue weighted by molar-refractivity contribution is -0.141. The number of carbonyl (C=O) groups is 1. The fourth-order valence-corrected chi connectivity index (χ4v) is 1.82. The summed E-state index contributed by atoms with van der Waals surface area (Å²) >= 11 is 3.27. The van der Waals surface area contributed by atoms with Crippen LogP contribution in [0.2, 0.25) is 0 Å². The SMILES string of the molecule is O=C(CNOc1ccc(Br)cc1)Nc1ccnc(C(F)(F)F)c1. The first-order valence-electron chi connectivity index (χ1n) is 6.33. The molecule has 2 aromatic rings. The van der Waals surface area contributed by atoms with Crippen LogP contribution in [0.1, 0.15) is 5.69 Å². The molecule has 0 saturated heterocycles. The number of hydrogen-bond donors (Lipinski definition) is 2. The number of aromatic nitrogens is 1. The highest BCUT2D eigenvalue weighted by Gasteiger charge is 2.32. The minimum Gasteiger partial charge on any atom is -0.408 e.